The fourth-order valence-electron chi connectivity index (χ4n) is 5.23. The Kier molecular flexibility index (Phi) is 38.0. The van der Waals surface area contributed by atoms with Crippen LogP contribution in [0.3, 0.4) is 0 Å². The van der Waals surface area contributed by atoms with E-state index in [-0.39, 0.29) is 32.3 Å². The van der Waals surface area contributed by atoms with Crippen LogP contribution in [-0.4, -0.2) is 49.9 Å². The summed E-state index contributed by atoms with van der Waals surface area (Å²) in [5.74, 6) is -0.356. The molecule has 0 radical (unpaired) electrons. The van der Waals surface area contributed by atoms with Crippen molar-refractivity contribution in [2.24, 2.45) is 5.73 Å². The summed E-state index contributed by atoms with van der Waals surface area (Å²) < 4.78 is 33.3. The summed E-state index contributed by atoms with van der Waals surface area (Å²) in [5, 5.41) is 0. The van der Waals surface area contributed by atoms with Gasteiger partial charge in [0.1, 0.15) is 6.10 Å². The topological polar surface area (TPSA) is 117 Å². The maximum absolute atomic E-state index is 12.6. The van der Waals surface area contributed by atoms with Crippen molar-refractivity contribution >= 4 is 13.8 Å². The first kappa shape index (κ1) is 49.2. The van der Waals surface area contributed by atoms with Gasteiger partial charge in [-0.15, -0.1) is 0 Å². The minimum Gasteiger partial charge on any atom is -0.457 e. The molecule has 0 heterocycles. The molecule has 2 unspecified atom stereocenters. The molecule has 0 aliphatic heterocycles. The van der Waals surface area contributed by atoms with Crippen molar-refractivity contribution in [3.63, 3.8) is 0 Å². The lowest BCUT2D eigenvalue weighted by Gasteiger charge is -2.20. The van der Waals surface area contributed by atoms with Crippen molar-refractivity contribution in [2.45, 2.75) is 168 Å². The van der Waals surface area contributed by atoms with Gasteiger partial charge in [-0.05, 0) is 70.6 Å². The number of hydrogen-bond donors (Lipinski definition) is 2. The Morgan fingerprint density at radius 1 is 0.608 bits per heavy atom. The van der Waals surface area contributed by atoms with Crippen molar-refractivity contribution in [1.29, 1.82) is 0 Å². The molecule has 0 aromatic carbocycles. The number of carbonyl (C=O) groups is 1. The van der Waals surface area contributed by atoms with E-state index in [2.05, 4.69) is 74.6 Å². The van der Waals surface area contributed by atoms with E-state index in [0.717, 1.165) is 57.8 Å². The molecule has 0 aromatic rings. The van der Waals surface area contributed by atoms with Crippen molar-refractivity contribution in [2.75, 3.05) is 33.0 Å². The number of nitrogens with two attached hydrogens (primary N) is 1. The molecule has 0 aliphatic carbocycles. The molecular weight excluding hydrogens is 661 g/mol. The zero-order valence-corrected chi connectivity index (χ0v) is 33.5. The molecular formula is C42H76NO7P. The zero-order chi connectivity index (χ0) is 37.4. The monoisotopic (exact) mass is 738 g/mol. The number of unbranched alkanes of at least 4 members (excludes halogenated alkanes) is 15. The number of hydrogen-bond acceptors (Lipinski definition) is 7. The van der Waals surface area contributed by atoms with Crippen molar-refractivity contribution in [3.8, 4) is 0 Å². The minimum atomic E-state index is -4.29. The van der Waals surface area contributed by atoms with Crippen molar-refractivity contribution in [1.82, 2.24) is 0 Å². The summed E-state index contributed by atoms with van der Waals surface area (Å²) >= 11 is 0. The molecule has 9 heteroatoms. The van der Waals surface area contributed by atoms with Crippen LogP contribution in [-0.2, 0) is 27.9 Å². The predicted molar refractivity (Wildman–Crippen MR) is 215 cm³/mol. The normalized spacial score (nSPS) is 14.2. The van der Waals surface area contributed by atoms with Gasteiger partial charge in [-0.2, -0.15) is 0 Å². The van der Waals surface area contributed by atoms with Crippen LogP contribution in [0.2, 0.25) is 0 Å². The Bertz CT molecular complexity index is 963. The smallest absolute Gasteiger partial charge is 0.457 e. The highest BCUT2D eigenvalue weighted by atomic mass is 31.2. The van der Waals surface area contributed by atoms with Gasteiger partial charge in [0.25, 0.3) is 0 Å². The first-order valence-corrected chi connectivity index (χ1v) is 21.8. The number of carbonyl (C=O) groups excluding carboxylic acids is 1. The van der Waals surface area contributed by atoms with Gasteiger partial charge in [-0.1, -0.05) is 145 Å². The van der Waals surface area contributed by atoms with Crippen LogP contribution in [0, 0.1) is 0 Å². The Labute approximate surface area is 313 Å². The first-order valence-electron chi connectivity index (χ1n) is 20.3. The van der Waals surface area contributed by atoms with E-state index in [0.29, 0.717) is 13.0 Å². The fraction of sp³-hybridized carbons (Fsp3) is 0.738. The lowest BCUT2D eigenvalue weighted by Crippen LogP contribution is -2.28. The molecule has 3 N–H and O–H groups in total. The van der Waals surface area contributed by atoms with Gasteiger partial charge in [0.15, 0.2) is 0 Å². The molecule has 51 heavy (non-hydrogen) atoms. The summed E-state index contributed by atoms with van der Waals surface area (Å²) in [6.45, 7) is 4.63. The van der Waals surface area contributed by atoms with Gasteiger partial charge in [0, 0.05) is 19.6 Å². The summed E-state index contributed by atoms with van der Waals surface area (Å²) in [4.78, 5) is 22.4. The second-order valence-corrected chi connectivity index (χ2v) is 14.6. The molecule has 8 nitrogen and oxygen atoms in total. The van der Waals surface area contributed by atoms with Crippen molar-refractivity contribution in [3.05, 3.63) is 60.8 Å². The highest BCUT2D eigenvalue weighted by molar-refractivity contribution is 7.47. The Balaban J connectivity index is 4.14. The molecule has 296 valence electrons. The van der Waals surface area contributed by atoms with Crippen LogP contribution < -0.4 is 5.73 Å². The van der Waals surface area contributed by atoms with Crippen LogP contribution in [0.5, 0.6) is 0 Å². The SMILES string of the molecule is CC/C=C\C/C=C\C/C=C\C/C=C\CCCOCC(COP(=O)(O)OCCN)OC(=O)CCCCCCCCC/C=C\CCCCCCCCC. The number of phosphoric ester groups is 1. The second-order valence-electron chi connectivity index (χ2n) is 13.1. The van der Waals surface area contributed by atoms with Gasteiger partial charge in [-0.25, -0.2) is 4.57 Å². The molecule has 0 saturated carbocycles. The molecule has 0 rings (SSSR count). The largest absolute Gasteiger partial charge is 0.472 e. The molecule has 2 atom stereocenters. The molecule has 0 fully saturated rings. The van der Waals surface area contributed by atoms with E-state index >= 15 is 0 Å². The summed E-state index contributed by atoms with van der Waals surface area (Å²) in [7, 11) is -4.29. The molecule has 0 bridgehead atoms. The number of rotatable bonds is 38. The third-order valence-corrected chi connectivity index (χ3v) is 9.15. The Morgan fingerprint density at radius 2 is 1.10 bits per heavy atom. The molecule has 0 amide bonds. The maximum Gasteiger partial charge on any atom is 0.472 e. The summed E-state index contributed by atoms with van der Waals surface area (Å²) in [6, 6.07) is 0. The molecule has 0 spiro atoms. The van der Waals surface area contributed by atoms with Gasteiger partial charge in [-0.3, -0.25) is 13.8 Å². The standard InChI is InChI=1S/C42H76NO7P/c1-3-5-7-9-11-13-15-17-19-20-21-22-23-25-27-29-31-33-35-42(44)50-41(40-49-51(45,46)48-38-36-43)39-47-37-34-32-30-28-26-24-18-16-14-12-10-8-6-4-2/h6,8,12,14,18-20,24,28,30,41H,3-5,7,9-11,13,15-17,21-23,25-27,29,31-40,43H2,1-2H3,(H,45,46)/b8-6-,14-12-,20-19-,24-18-,30-28-. The van der Waals surface area contributed by atoms with Crippen LogP contribution in [0.15, 0.2) is 60.8 Å². The van der Waals surface area contributed by atoms with Gasteiger partial charge < -0.3 is 20.1 Å². The minimum absolute atomic E-state index is 0.0746. The van der Waals surface area contributed by atoms with Gasteiger partial charge in [0.2, 0.25) is 0 Å². The molecule has 0 saturated heterocycles. The van der Waals surface area contributed by atoms with Gasteiger partial charge >= 0.3 is 13.8 Å². The molecule has 0 aliphatic rings. The summed E-state index contributed by atoms with van der Waals surface area (Å²) in [6.07, 6.45) is 46.8. The number of allylic oxidation sites excluding steroid dienone is 10. The predicted octanol–water partition coefficient (Wildman–Crippen LogP) is 11.8. The average molecular weight is 738 g/mol. The van der Waals surface area contributed by atoms with Crippen LogP contribution in [0.25, 0.3) is 0 Å². The number of esters is 1. The third-order valence-electron chi connectivity index (χ3n) is 8.17. The average Bonchev–Trinajstić information content (AvgIpc) is 3.12. The third kappa shape index (κ3) is 39.2. The zero-order valence-electron chi connectivity index (χ0n) is 32.6. The van der Waals surface area contributed by atoms with E-state index < -0.39 is 13.9 Å². The number of phosphoric acid groups is 1. The lowest BCUT2D eigenvalue weighted by molar-refractivity contribution is -0.154. The number of ether oxygens (including phenoxy) is 2. The first-order chi connectivity index (χ1) is 24.9. The van der Waals surface area contributed by atoms with Gasteiger partial charge in [0.05, 0.1) is 19.8 Å². The van der Waals surface area contributed by atoms with Crippen LogP contribution in [0.1, 0.15) is 162 Å². The van der Waals surface area contributed by atoms with E-state index in [1.54, 1.807) is 0 Å². The highest BCUT2D eigenvalue weighted by Crippen LogP contribution is 2.43. The second kappa shape index (κ2) is 39.4. The van der Waals surface area contributed by atoms with E-state index in [1.165, 1.54) is 83.5 Å². The Morgan fingerprint density at radius 3 is 1.67 bits per heavy atom. The fourth-order valence-corrected chi connectivity index (χ4v) is 5.99. The highest BCUT2D eigenvalue weighted by Gasteiger charge is 2.25. The van der Waals surface area contributed by atoms with Crippen LogP contribution in [0.4, 0.5) is 0 Å². The van der Waals surface area contributed by atoms with E-state index in [1.807, 2.05) is 0 Å². The van der Waals surface area contributed by atoms with Crippen molar-refractivity contribution < 1.29 is 32.8 Å². The van der Waals surface area contributed by atoms with Crippen LogP contribution >= 0.6 is 7.82 Å². The maximum atomic E-state index is 12.6. The lowest BCUT2D eigenvalue weighted by atomic mass is 10.1. The van der Waals surface area contributed by atoms with E-state index in [4.69, 9.17) is 24.3 Å². The summed E-state index contributed by atoms with van der Waals surface area (Å²) in [5.41, 5.74) is 5.35. The molecule has 0 aromatic heterocycles. The van der Waals surface area contributed by atoms with E-state index in [9.17, 15) is 14.3 Å². The Hall–Kier alpha value is -1.80. The quantitative estimate of drug-likeness (QED) is 0.0278.